The third-order valence-electron chi connectivity index (χ3n) is 1.45. The second-order valence-corrected chi connectivity index (χ2v) is 2.31. The van der Waals surface area contributed by atoms with E-state index in [2.05, 4.69) is 0 Å². The van der Waals surface area contributed by atoms with Crippen LogP contribution in [0.1, 0.15) is 23.6 Å². The van der Waals surface area contributed by atoms with Crippen LogP contribution in [-0.2, 0) is 0 Å². The molecular formula is C8H10K2N2O2. The van der Waals surface area contributed by atoms with Crippen LogP contribution in [0.25, 0.3) is 0 Å². The van der Waals surface area contributed by atoms with E-state index < -0.39 is 11.8 Å². The predicted octanol–water partition coefficient (Wildman–Crippen LogP) is -5.88. The standard InChI is InChI=1S/C8H8N2O2.2K.2H/c9-7(11)5-1-2-6(4-3-5)8(10)12;;;;/h1-4H,(H2,9,11)(H2,10,12);;;;/q;2*+1;2*-1. The number of hydrogen-bond donors (Lipinski definition) is 2. The zero-order valence-electron chi connectivity index (χ0n) is 10.3. The number of primary amides is 2. The van der Waals surface area contributed by atoms with Gasteiger partial charge in [0.05, 0.1) is 0 Å². The Bertz CT molecular complexity index is 300. The molecule has 0 aliphatic heterocycles. The summed E-state index contributed by atoms with van der Waals surface area (Å²) in [4.78, 5) is 21.2. The molecule has 4 N–H and O–H groups in total. The van der Waals surface area contributed by atoms with E-state index in [1.54, 1.807) is 0 Å². The molecule has 0 aliphatic rings. The Morgan fingerprint density at radius 3 is 1.21 bits per heavy atom. The Morgan fingerprint density at radius 1 is 0.857 bits per heavy atom. The summed E-state index contributed by atoms with van der Waals surface area (Å²) in [7, 11) is 0. The fourth-order valence-corrected chi connectivity index (χ4v) is 0.799. The van der Waals surface area contributed by atoms with Crippen molar-refractivity contribution in [2.75, 3.05) is 0 Å². The Kier molecular flexibility index (Phi) is 10.9. The predicted molar refractivity (Wildman–Crippen MR) is 45.7 cm³/mol. The molecule has 0 saturated heterocycles. The summed E-state index contributed by atoms with van der Waals surface area (Å²) in [6.45, 7) is 0. The van der Waals surface area contributed by atoms with Crippen LogP contribution in [0.3, 0.4) is 0 Å². The van der Waals surface area contributed by atoms with Gasteiger partial charge in [-0.05, 0) is 24.3 Å². The maximum Gasteiger partial charge on any atom is 1.00 e. The Labute approximate surface area is 170 Å². The molecule has 0 radical (unpaired) electrons. The molecule has 1 aromatic carbocycles. The van der Waals surface area contributed by atoms with Crippen molar-refractivity contribution in [2.24, 2.45) is 11.5 Å². The molecule has 0 bridgehead atoms. The molecule has 0 heterocycles. The second-order valence-electron chi connectivity index (χ2n) is 2.31. The van der Waals surface area contributed by atoms with Gasteiger partial charge in [-0.3, -0.25) is 9.59 Å². The fourth-order valence-electron chi connectivity index (χ4n) is 0.799. The van der Waals surface area contributed by atoms with Crippen molar-refractivity contribution in [1.82, 2.24) is 0 Å². The van der Waals surface area contributed by atoms with Crippen molar-refractivity contribution in [3.63, 3.8) is 0 Å². The first-order chi connectivity index (χ1) is 5.61. The molecule has 14 heavy (non-hydrogen) atoms. The molecule has 66 valence electrons. The molecule has 0 aromatic heterocycles. The zero-order valence-corrected chi connectivity index (χ0v) is 14.5. The number of nitrogens with two attached hydrogens (primary N) is 2. The summed E-state index contributed by atoms with van der Waals surface area (Å²) in [5.41, 5.74) is 10.7. The molecule has 0 fully saturated rings. The minimum Gasteiger partial charge on any atom is -1.00 e. The quantitative estimate of drug-likeness (QED) is 0.508. The van der Waals surface area contributed by atoms with Gasteiger partial charge >= 0.3 is 103 Å². The normalized spacial score (nSPS) is 8.00. The van der Waals surface area contributed by atoms with E-state index in [1.807, 2.05) is 0 Å². The van der Waals surface area contributed by atoms with Gasteiger partial charge in [-0.1, -0.05) is 0 Å². The van der Waals surface area contributed by atoms with Crippen molar-refractivity contribution in [3.8, 4) is 0 Å². The van der Waals surface area contributed by atoms with E-state index in [1.165, 1.54) is 24.3 Å². The van der Waals surface area contributed by atoms with E-state index in [0.717, 1.165) is 0 Å². The van der Waals surface area contributed by atoms with Crippen molar-refractivity contribution < 1.29 is 115 Å². The SMILES string of the molecule is NC(=O)c1ccc(C(N)=O)cc1.[H-].[H-].[K+].[K+]. The van der Waals surface area contributed by atoms with Gasteiger partial charge in [-0.15, -0.1) is 0 Å². The maximum absolute atomic E-state index is 10.6. The number of rotatable bonds is 2. The number of amides is 2. The maximum atomic E-state index is 10.6. The molecule has 0 atom stereocenters. The van der Waals surface area contributed by atoms with Gasteiger partial charge in [0.15, 0.2) is 0 Å². The third-order valence-corrected chi connectivity index (χ3v) is 1.45. The fraction of sp³-hybridized carbons (Fsp3) is 0. The molecule has 6 heteroatoms. The van der Waals surface area contributed by atoms with E-state index in [9.17, 15) is 9.59 Å². The second kappa shape index (κ2) is 8.57. The van der Waals surface area contributed by atoms with Crippen LogP contribution in [0, 0.1) is 0 Å². The van der Waals surface area contributed by atoms with E-state index >= 15 is 0 Å². The summed E-state index contributed by atoms with van der Waals surface area (Å²) in [5.74, 6) is -1.04. The number of carbonyl (C=O) groups is 2. The van der Waals surface area contributed by atoms with Gasteiger partial charge in [0.25, 0.3) is 0 Å². The van der Waals surface area contributed by atoms with Gasteiger partial charge in [0.1, 0.15) is 0 Å². The van der Waals surface area contributed by atoms with Crippen LogP contribution >= 0.6 is 0 Å². The van der Waals surface area contributed by atoms with Crippen LogP contribution in [0.2, 0.25) is 0 Å². The van der Waals surface area contributed by atoms with Gasteiger partial charge in [0, 0.05) is 11.1 Å². The van der Waals surface area contributed by atoms with Crippen LogP contribution in [0.4, 0.5) is 0 Å². The largest absolute Gasteiger partial charge is 1.00 e. The van der Waals surface area contributed by atoms with Crippen LogP contribution < -0.4 is 114 Å². The number of carbonyl (C=O) groups excluding carboxylic acids is 2. The molecule has 0 spiro atoms. The summed E-state index contributed by atoms with van der Waals surface area (Å²) < 4.78 is 0. The van der Waals surface area contributed by atoms with Crippen LogP contribution in [-0.4, -0.2) is 11.8 Å². The monoisotopic (exact) mass is 244 g/mol. The molecule has 0 saturated carbocycles. The molecule has 1 rings (SSSR count). The van der Waals surface area contributed by atoms with Crippen LogP contribution in [0.15, 0.2) is 24.3 Å². The third kappa shape index (κ3) is 5.50. The minimum absolute atomic E-state index is 0. The molecule has 0 aliphatic carbocycles. The Balaban J connectivity index is -0.000000180. The zero-order chi connectivity index (χ0) is 9.14. The average Bonchev–Trinajstić information content (AvgIpc) is 2.04. The topological polar surface area (TPSA) is 86.2 Å². The van der Waals surface area contributed by atoms with E-state index in [4.69, 9.17) is 11.5 Å². The van der Waals surface area contributed by atoms with Crippen molar-refractivity contribution in [3.05, 3.63) is 35.4 Å². The molecule has 4 nitrogen and oxygen atoms in total. The Hall–Kier alpha value is 1.43. The van der Waals surface area contributed by atoms with Gasteiger partial charge in [-0.25, -0.2) is 0 Å². The van der Waals surface area contributed by atoms with Crippen molar-refractivity contribution >= 4 is 11.8 Å². The molecule has 2 amide bonds. The number of hydrogen-bond acceptors (Lipinski definition) is 2. The summed E-state index contributed by atoms with van der Waals surface area (Å²) in [6.07, 6.45) is 0. The minimum atomic E-state index is -0.522. The van der Waals surface area contributed by atoms with Crippen molar-refractivity contribution in [1.29, 1.82) is 0 Å². The summed E-state index contributed by atoms with van der Waals surface area (Å²) in [6, 6.07) is 5.84. The summed E-state index contributed by atoms with van der Waals surface area (Å²) in [5, 5.41) is 0. The van der Waals surface area contributed by atoms with Gasteiger partial charge in [0.2, 0.25) is 11.8 Å². The smallest absolute Gasteiger partial charge is 1.00 e. The first-order valence-corrected chi connectivity index (χ1v) is 3.31. The van der Waals surface area contributed by atoms with Crippen molar-refractivity contribution in [2.45, 2.75) is 0 Å². The van der Waals surface area contributed by atoms with E-state index in [0.29, 0.717) is 11.1 Å². The van der Waals surface area contributed by atoms with Gasteiger partial charge < -0.3 is 14.3 Å². The molecule has 1 aromatic rings. The average molecular weight is 244 g/mol. The number of benzene rings is 1. The molecule has 0 unspecified atom stereocenters. The van der Waals surface area contributed by atoms with Crippen LogP contribution in [0.5, 0.6) is 0 Å². The first kappa shape index (κ1) is 17.8. The first-order valence-electron chi connectivity index (χ1n) is 3.31. The summed E-state index contributed by atoms with van der Waals surface area (Å²) >= 11 is 0. The van der Waals surface area contributed by atoms with E-state index in [-0.39, 0.29) is 106 Å². The Morgan fingerprint density at radius 2 is 1.07 bits per heavy atom. The van der Waals surface area contributed by atoms with Gasteiger partial charge in [-0.2, -0.15) is 0 Å². The molecular weight excluding hydrogens is 234 g/mol.